The Hall–Kier alpha value is -2.30. The van der Waals surface area contributed by atoms with Gasteiger partial charge < -0.3 is 14.2 Å². The van der Waals surface area contributed by atoms with Crippen molar-refractivity contribution in [3.63, 3.8) is 0 Å². The van der Waals surface area contributed by atoms with Crippen molar-refractivity contribution in [2.75, 3.05) is 18.5 Å². The molecule has 1 aromatic heterocycles. The lowest BCUT2D eigenvalue weighted by Gasteiger charge is -2.34. The number of hydrogen-bond donors (Lipinski definition) is 0. The van der Waals surface area contributed by atoms with Crippen molar-refractivity contribution in [2.45, 2.75) is 59.8 Å². The zero-order valence-corrected chi connectivity index (χ0v) is 20.2. The first-order valence-corrected chi connectivity index (χ1v) is 11.2. The summed E-state index contributed by atoms with van der Waals surface area (Å²) in [5.74, 6) is 0.00871. The molecule has 4 nitrogen and oxygen atoms in total. The maximum absolute atomic E-state index is 13.0. The number of hydrogen-bond acceptors (Lipinski definition) is 3. The molecule has 0 unspecified atom stereocenters. The fourth-order valence-corrected chi connectivity index (χ4v) is 4.96. The lowest BCUT2D eigenvalue weighted by Crippen LogP contribution is -2.31. The van der Waals surface area contributed by atoms with Gasteiger partial charge in [-0.1, -0.05) is 23.7 Å². The van der Waals surface area contributed by atoms with Gasteiger partial charge in [-0.15, -0.1) is 0 Å². The highest BCUT2D eigenvalue weighted by Crippen LogP contribution is 2.47. The Balaban J connectivity index is 2.16. The summed E-state index contributed by atoms with van der Waals surface area (Å²) in [6, 6.07) is 10.1. The third kappa shape index (κ3) is 3.77. The fraction of sp³-hybridized carbons (Fsp3) is 0.423. The number of carbonyl (C=O) groups excluding carboxylic acids is 1. The number of ether oxygens (including phenoxy) is 1. The summed E-state index contributed by atoms with van der Waals surface area (Å²) in [5.41, 5.74) is 7.35. The summed E-state index contributed by atoms with van der Waals surface area (Å²) in [6.45, 7) is 13.8. The number of rotatable bonds is 4. The molecule has 0 bridgehead atoms. The SMILES string of the molecule is CC(=O)[C@@H](OC(C)(C)C)c1c(C)c2c3c(cc(C)n3CCN2C)c1-c1ccc(Cl)cc1. The van der Waals surface area contributed by atoms with Crippen LogP contribution in [0.15, 0.2) is 30.3 Å². The number of benzene rings is 2. The van der Waals surface area contributed by atoms with E-state index in [0.717, 1.165) is 40.7 Å². The Morgan fingerprint density at radius 2 is 1.77 bits per heavy atom. The van der Waals surface area contributed by atoms with Crippen LogP contribution in [0.3, 0.4) is 0 Å². The van der Waals surface area contributed by atoms with Crippen LogP contribution in [-0.4, -0.2) is 29.5 Å². The molecule has 0 spiro atoms. The van der Waals surface area contributed by atoms with E-state index in [9.17, 15) is 4.79 Å². The first-order valence-electron chi connectivity index (χ1n) is 10.8. The van der Waals surface area contributed by atoms with E-state index >= 15 is 0 Å². The van der Waals surface area contributed by atoms with Crippen molar-refractivity contribution in [1.29, 1.82) is 0 Å². The van der Waals surface area contributed by atoms with Crippen LogP contribution < -0.4 is 4.90 Å². The molecule has 0 fully saturated rings. The lowest BCUT2D eigenvalue weighted by molar-refractivity contribution is -0.138. The second kappa shape index (κ2) is 7.68. The number of ketones is 1. The Morgan fingerprint density at radius 1 is 1.13 bits per heavy atom. The van der Waals surface area contributed by atoms with E-state index in [-0.39, 0.29) is 5.78 Å². The number of anilines is 1. The summed E-state index contributed by atoms with van der Waals surface area (Å²) < 4.78 is 8.79. The van der Waals surface area contributed by atoms with Gasteiger partial charge in [0.1, 0.15) is 6.10 Å². The van der Waals surface area contributed by atoms with Crippen LogP contribution in [0.4, 0.5) is 5.69 Å². The Morgan fingerprint density at radius 3 is 2.35 bits per heavy atom. The fourth-order valence-electron chi connectivity index (χ4n) is 4.83. The third-order valence-corrected chi connectivity index (χ3v) is 6.35. The van der Waals surface area contributed by atoms with Gasteiger partial charge in [-0.3, -0.25) is 4.79 Å². The molecule has 164 valence electrons. The molecule has 1 atom stereocenters. The molecule has 5 heteroatoms. The van der Waals surface area contributed by atoms with E-state index in [4.69, 9.17) is 16.3 Å². The number of halogens is 1. The maximum atomic E-state index is 13.0. The van der Waals surface area contributed by atoms with Crippen LogP contribution in [0.25, 0.3) is 22.0 Å². The Labute approximate surface area is 189 Å². The molecule has 1 aliphatic heterocycles. The van der Waals surface area contributed by atoms with Crippen LogP contribution in [-0.2, 0) is 16.1 Å². The van der Waals surface area contributed by atoms with E-state index < -0.39 is 11.7 Å². The first-order chi connectivity index (χ1) is 14.5. The smallest absolute Gasteiger partial charge is 0.163 e. The topological polar surface area (TPSA) is 34.5 Å². The van der Waals surface area contributed by atoms with Gasteiger partial charge in [-0.2, -0.15) is 0 Å². The molecule has 3 aromatic rings. The predicted molar refractivity (Wildman–Crippen MR) is 129 cm³/mol. The number of nitrogens with zero attached hydrogens (tertiary/aromatic N) is 2. The summed E-state index contributed by atoms with van der Waals surface area (Å²) in [6.07, 6.45) is -0.648. The highest BCUT2D eigenvalue weighted by molar-refractivity contribution is 6.30. The van der Waals surface area contributed by atoms with Gasteiger partial charge in [0, 0.05) is 41.8 Å². The van der Waals surface area contributed by atoms with Crippen molar-refractivity contribution < 1.29 is 9.53 Å². The van der Waals surface area contributed by atoms with E-state index in [1.54, 1.807) is 6.92 Å². The van der Waals surface area contributed by atoms with Crippen LogP contribution in [0.1, 0.15) is 50.6 Å². The minimum atomic E-state index is -0.648. The average Bonchev–Trinajstić information content (AvgIpc) is 3.00. The van der Waals surface area contributed by atoms with Gasteiger partial charge in [0.15, 0.2) is 5.78 Å². The minimum absolute atomic E-state index is 0.00871. The van der Waals surface area contributed by atoms with Gasteiger partial charge in [-0.05, 0) is 76.4 Å². The molecule has 0 aliphatic carbocycles. The van der Waals surface area contributed by atoms with Crippen LogP contribution in [0, 0.1) is 13.8 Å². The van der Waals surface area contributed by atoms with Crippen LogP contribution in [0.2, 0.25) is 5.02 Å². The second-order valence-corrected chi connectivity index (χ2v) is 10.0. The molecule has 0 amide bonds. The van der Waals surface area contributed by atoms with Gasteiger partial charge in [-0.25, -0.2) is 0 Å². The lowest BCUT2D eigenvalue weighted by atomic mass is 9.86. The largest absolute Gasteiger partial charge is 0.371 e. The number of Topliss-reactive ketones (excluding diaryl/α,β-unsaturated/α-hetero) is 1. The monoisotopic (exact) mass is 438 g/mol. The molecular formula is C26H31ClN2O2. The molecule has 4 rings (SSSR count). The minimum Gasteiger partial charge on any atom is -0.371 e. The predicted octanol–water partition coefficient (Wildman–Crippen LogP) is 6.47. The number of carbonyl (C=O) groups is 1. The van der Waals surface area contributed by atoms with Gasteiger partial charge in [0.25, 0.3) is 0 Å². The normalized spacial score (nSPS) is 14.9. The second-order valence-electron chi connectivity index (χ2n) is 9.61. The van der Waals surface area contributed by atoms with Crippen LogP contribution >= 0.6 is 11.6 Å². The molecule has 0 saturated carbocycles. The number of aromatic nitrogens is 1. The molecule has 2 heterocycles. The van der Waals surface area contributed by atoms with Crippen molar-refractivity contribution in [1.82, 2.24) is 4.57 Å². The van der Waals surface area contributed by atoms with Crippen molar-refractivity contribution >= 4 is 34.0 Å². The highest BCUT2D eigenvalue weighted by Gasteiger charge is 2.33. The molecule has 2 aromatic carbocycles. The van der Waals surface area contributed by atoms with Gasteiger partial charge in [0.2, 0.25) is 0 Å². The Bertz CT molecular complexity index is 1170. The summed E-state index contributed by atoms with van der Waals surface area (Å²) in [7, 11) is 2.13. The number of likely N-dealkylation sites (N-methyl/N-ethyl adjacent to an activating group) is 1. The third-order valence-electron chi connectivity index (χ3n) is 6.10. The van der Waals surface area contributed by atoms with Crippen LogP contribution in [0.5, 0.6) is 0 Å². The standard InChI is InChI=1S/C26H31ClN2O2/c1-15-14-20-22(18-8-10-19(27)11-9-18)21(25(17(3)30)31-26(4,5)6)16(2)23-24(20)29(15)13-12-28(23)7/h8-11,14,25H,12-13H2,1-7H3/t25-/m1/s1. The molecule has 31 heavy (non-hydrogen) atoms. The van der Waals surface area contributed by atoms with Crippen molar-refractivity contribution in [3.8, 4) is 11.1 Å². The van der Waals surface area contributed by atoms with E-state index in [1.165, 1.54) is 16.9 Å². The molecular weight excluding hydrogens is 408 g/mol. The summed E-state index contributed by atoms with van der Waals surface area (Å²) >= 11 is 6.20. The van der Waals surface area contributed by atoms with Gasteiger partial charge in [0.05, 0.1) is 16.8 Å². The zero-order valence-electron chi connectivity index (χ0n) is 19.5. The summed E-state index contributed by atoms with van der Waals surface area (Å²) in [5, 5.41) is 1.85. The van der Waals surface area contributed by atoms with Gasteiger partial charge >= 0.3 is 0 Å². The van der Waals surface area contributed by atoms with Crippen molar-refractivity contribution in [3.05, 3.63) is 52.2 Å². The summed E-state index contributed by atoms with van der Waals surface area (Å²) in [4.78, 5) is 15.3. The molecule has 0 radical (unpaired) electrons. The first kappa shape index (κ1) is 21.9. The maximum Gasteiger partial charge on any atom is 0.163 e. The quantitative estimate of drug-likeness (QED) is 0.468. The average molecular weight is 439 g/mol. The number of aryl methyl sites for hydroxylation is 1. The van der Waals surface area contributed by atoms with E-state index in [2.05, 4.69) is 36.4 Å². The molecule has 0 N–H and O–H groups in total. The Kier molecular flexibility index (Phi) is 5.43. The van der Waals surface area contributed by atoms with E-state index in [0.29, 0.717) is 5.02 Å². The molecule has 1 aliphatic rings. The molecule has 0 saturated heterocycles. The van der Waals surface area contributed by atoms with Crippen molar-refractivity contribution in [2.24, 2.45) is 0 Å². The highest BCUT2D eigenvalue weighted by atomic mass is 35.5. The van der Waals surface area contributed by atoms with E-state index in [1.807, 2.05) is 45.0 Å². The zero-order chi connectivity index (χ0) is 22.7.